The van der Waals surface area contributed by atoms with Gasteiger partial charge in [0.05, 0.1) is 5.75 Å². The van der Waals surface area contributed by atoms with E-state index in [1.165, 1.54) is 4.31 Å². The van der Waals surface area contributed by atoms with E-state index >= 15 is 0 Å². The molecule has 0 bridgehead atoms. The van der Waals surface area contributed by atoms with Crippen LogP contribution in [0.2, 0.25) is 0 Å². The molecule has 0 radical (unpaired) electrons. The van der Waals surface area contributed by atoms with Gasteiger partial charge in [-0.25, -0.2) is 12.7 Å². The molecule has 0 aliphatic carbocycles. The number of guanidine groups is 1. The van der Waals surface area contributed by atoms with E-state index in [4.69, 9.17) is 0 Å². The Labute approximate surface area is 146 Å². The van der Waals surface area contributed by atoms with Crippen molar-refractivity contribution in [3.63, 3.8) is 0 Å². The Balaban J connectivity index is 2.56. The Bertz CT molecular complexity index is 492. The number of thioether (sulfide) groups is 1. The summed E-state index contributed by atoms with van der Waals surface area (Å²) in [5, 5.41) is 3.35. The molecule has 1 aliphatic heterocycles. The lowest BCUT2D eigenvalue weighted by Gasteiger charge is -2.39. The van der Waals surface area contributed by atoms with Crippen LogP contribution >= 0.6 is 11.8 Å². The first kappa shape index (κ1) is 20.6. The van der Waals surface area contributed by atoms with Gasteiger partial charge in [-0.1, -0.05) is 0 Å². The van der Waals surface area contributed by atoms with Crippen molar-refractivity contribution in [2.75, 3.05) is 51.3 Å². The first-order valence-corrected chi connectivity index (χ1v) is 10.9. The molecule has 8 heteroatoms. The molecule has 136 valence electrons. The highest BCUT2D eigenvalue weighted by molar-refractivity contribution is 8.00. The quantitative estimate of drug-likeness (QED) is 0.421. The highest BCUT2D eigenvalue weighted by Gasteiger charge is 2.28. The number of rotatable bonds is 7. The van der Waals surface area contributed by atoms with Gasteiger partial charge in [0.2, 0.25) is 10.0 Å². The van der Waals surface area contributed by atoms with Crippen molar-refractivity contribution in [1.82, 2.24) is 14.5 Å². The zero-order valence-electron chi connectivity index (χ0n) is 15.1. The molecule has 0 amide bonds. The predicted octanol–water partition coefficient (Wildman–Crippen LogP) is 1.45. The highest BCUT2D eigenvalue weighted by Crippen LogP contribution is 2.29. The molecule has 6 nitrogen and oxygen atoms in total. The Hall–Kier alpha value is -0.470. The summed E-state index contributed by atoms with van der Waals surface area (Å²) in [6, 6.07) is 0. The number of nitrogens with zero attached hydrogens (tertiary/aromatic N) is 3. The lowest BCUT2D eigenvalue weighted by atomic mass is 10.2. The normalized spacial score (nSPS) is 19.2. The van der Waals surface area contributed by atoms with E-state index < -0.39 is 10.0 Å². The van der Waals surface area contributed by atoms with Gasteiger partial charge in [0.25, 0.3) is 0 Å². The second-order valence-electron chi connectivity index (χ2n) is 6.34. The zero-order valence-corrected chi connectivity index (χ0v) is 16.8. The lowest BCUT2D eigenvalue weighted by molar-refractivity contribution is 0.375. The van der Waals surface area contributed by atoms with E-state index in [2.05, 4.69) is 36.0 Å². The van der Waals surface area contributed by atoms with E-state index in [1.54, 1.807) is 14.0 Å². The molecular weight excluding hydrogens is 332 g/mol. The third kappa shape index (κ3) is 6.89. The summed E-state index contributed by atoms with van der Waals surface area (Å²) < 4.78 is 25.1. The SMILES string of the molecule is CCNC(=NCCCN(C)S(=O)(=O)CC)N1CCSC(C)(C)C1. The summed E-state index contributed by atoms with van der Waals surface area (Å²) in [7, 11) is -1.45. The molecule has 1 N–H and O–H groups in total. The summed E-state index contributed by atoms with van der Waals surface area (Å²) in [5.41, 5.74) is 0. The van der Waals surface area contributed by atoms with Gasteiger partial charge in [-0.3, -0.25) is 4.99 Å². The minimum Gasteiger partial charge on any atom is -0.357 e. The molecule has 0 aromatic heterocycles. The maximum atomic E-state index is 11.7. The van der Waals surface area contributed by atoms with Gasteiger partial charge < -0.3 is 10.2 Å². The molecule has 1 saturated heterocycles. The Kier molecular flexibility index (Phi) is 8.17. The maximum Gasteiger partial charge on any atom is 0.213 e. The molecular formula is C15H32N4O2S2. The first-order valence-electron chi connectivity index (χ1n) is 8.33. The maximum absolute atomic E-state index is 11.7. The standard InChI is InChI=1S/C15H32N4O2S2/c1-6-16-14(19-11-12-22-15(3,4)13-19)17-9-8-10-18(5)23(20,21)7-2/h6-13H2,1-5H3,(H,16,17). The van der Waals surface area contributed by atoms with Crippen LogP contribution < -0.4 is 5.32 Å². The molecule has 1 fully saturated rings. The van der Waals surface area contributed by atoms with E-state index in [9.17, 15) is 8.42 Å². The largest absolute Gasteiger partial charge is 0.357 e. The fraction of sp³-hybridized carbons (Fsp3) is 0.933. The average molecular weight is 365 g/mol. The van der Waals surface area contributed by atoms with Crippen LogP contribution in [0.5, 0.6) is 0 Å². The number of hydrogen-bond donors (Lipinski definition) is 1. The number of nitrogens with one attached hydrogen (secondary N) is 1. The van der Waals surface area contributed by atoms with Crippen LogP contribution in [0, 0.1) is 0 Å². The van der Waals surface area contributed by atoms with E-state index in [-0.39, 0.29) is 10.5 Å². The van der Waals surface area contributed by atoms with Crippen LogP contribution in [0.4, 0.5) is 0 Å². The van der Waals surface area contributed by atoms with Crippen LogP contribution in [0.3, 0.4) is 0 Å². The molecule has 0 aromatic carbocycles. The third-order valence-corrected chi connectivity index (χ3v) is 6.95. The summed E-state index contributed by atoms with van der Waals surface area (Å²) in [4.78, 5) is 7.00. The number of sulfonamides is 1. The van der Waals surface area contributed by atoms with Gasteiger partial charge in [0.15, 0.2) is 5.96 Å². The van der Waals surface area contributed by atoms with Crippen molar-refractivity contribution < 1.29 is 8.42 Å². The van der Waals surface area contributed by atoms with Crippen LogP contribution in [-0.2, 0) is 10.0 Å². The second kappa shape index (κ2) is 9.13. The first-order chi connectivity index (χ1) is 10.7. The smallest absolute Gasteiger partial charge is 0.213 e. The number of hydrogen-bond acceptors (Lipinski definition) is 4. The van der Waals surface area contributed by atoms with Crippen LogP contribution in [0.15, 0.2) is 4.99 Å². The van der Waals surface area contributed by atoms with Gasteiger partial charge in [0, 0.05) is 50.3 Å². The summed E-state index contributed by atoms with van der Waals surface area (Å²) in [6.45, 7) is 12.2. The Morgan fingerprint density at radius 3 is 2.65 bits per heavy atom. The lowest BCUT2D eigenvalue weighted by Crippen LogP contribution is -2.51. The minimum atomic E-state index is -3.09. The van der Waals surface area contributed by atoms with E-state index in [0.29, 0.717) is 13.1 Å². The monoisotopic (exact) mass is 364 g/mol. The molecule has 0 atom stereocenters. The Morgan fingerprint density at radius 1 is 1.39 bits per heavy atom. The zero-order chi connectivity index (χ0) is 17.5. The molecule has 0 spiro atoms. The topological polar surface area (TPSA) is 65.0 Å². The fourth-order valence-electron chi connectivity index (χ4n) is 2.46. The Morgan fingerprint density at radius 2 is 2.09 bits per heavy atom. The van der Waals surface area contributed by atoms with Crippen molar-refractivity contribution in [2.24, 2.45) is 4.99 Å². The van der Waals surface area contributed by atoms with E-state index in [1.807, 2.05) is 11.8 Å². The van der Waals surface area contributed by atoms with Gasteiger partial charge in [0.1, 0.15) is 0 Å². The fourth-order valence-corrected chi connectivity index (χ4v) is 4.42. The van der Waals surface area contributed by atoms with Crippen LogP contribution in [0.25, 0.3) is 0 Å². The minimum absolute atomic E-state index is 0.149. The summed E-state index contributed by atoms with van der Waals surface area (Å²) in [6.07, 6.45) is 0.733. The summed E-state index contributed by atoms with van der Waals surface area (Å²) >= 11 is 2.00. The third-order valence-electron chi connectivity index (χ3n) is 3.79. The molecule has 0 unspecified atom stereocenters. The molecule has 1 rings (SSSR count). The van der Waals surface area contributed by atoms with Crippen molar-refractivity contribution in [2.45, 2.75) is 38.9 Å². The van der Waals surface area contributed by atoms with E-state index in [0.717, 1.165) is 37.8 Å². The van der Waals surface area contributed by atoms with Gasteiger partial charge in [-0.05, 0) is 34.1 Å². The molecule has 0 aromatic rings. The number of aliphatic imine (C=N–C) groups is 1. The molecule has 23 heavy (non-hydrogen) atoms. The van der Waals surface area contributed by atoms with Crippen molar-refractivity contribution in [1.29, 1.82) is 0 Å². The summed E-state index contributed by atoms with van der Waals surface area (Å²) in [5.74, 6) is 2.20. The molecule has 0 saturated carbocycles. The van der Waals surface area contributed by atoms with Crippen molar-refractivity contribution >= 4 is 27.7 Å². The van der Waals surface area contributed by atoms with Crippen molar-refractivity contribution in [3.05, 3.63) is 0 Å². The van der Waals surface area contributed by atoms with Gasteiger partial charge >= 0.3 is 0 Å². The molecule has 1 heterocycles. The van der Waals surface area contributed by atoms with Crippen LogP contribution in [-0.4, -0.2) is 79.6 Å². The molecule has 1 aliphatic rings. The van der Waals surface area contributed by atoms with Crippen LogP contribution in [0.1, 0.15) is 34.1 Å². The predicted molar refractivity (Wildman–Crippen MR) is 101 cm³/mol. The average Bonchev–Trinajstić information content (AvgIpc) is 2.49. The van der Waals surface area contributed by atoms with Gasteiger partial charge in [-0.2, -0.15) is 11.8 Å². The second-order valence-corrected chi connectivity index (χ2v) is 10.5. The van der Waals surface area contributed by atoms with Crippen molar-refractivity contribution in [3.8, 4) is 0 Å². The van der Waals surface area contributed by atoms with Gasteiger partial charge in [-0.15, -0.1) is 0 Å². The highest BCUT2D eigenvalue weighted by atomic mass is 32.2.